The first-order valence-electron chi connectivity index (χ1n) is 6.82. The molecule has 0 aliphatic heterocycles. The Morgan fingerprint density at radius 3 is 2.41 bits per heavy atom. The average molecular weight is 313 g/mol. The van der Waals surface area contributed by atoms with Gasteiger partial charge >= 0.3 is 0 Å². The molecular weight excluding hydrogens is 298 g/mol. The summed E-state index contributed by atoms with van der Waals surface area (Å²) < 4.78 is 31.6. The molecule has 112 valence electrons. The van der Waals surface area contributed by atoms with Crippen LogP contribution in [0, 0.1) is 0 Å². The Morgan fingerprint density at radius 2 is 1.68 bits per heavy atom. The average Bonchev–Trinajstić information content (AvgIpc) is 2.52. The van der Waals surface area contributed by atoms with Crippen molar-refractivity contribution >= 4 is 26.6 Å². The van der Waals surface area contributed by atoms with E-state index >= 15 is 0 Å². The number of benzene rings is 3. The van der Waals surface area contributed by atoms with Crippen LogP contribution in [0.3, 0.4) is 0 Å². The zero-order valence-corrected chi connectivity index (χ0v) is 12.5. The molecule has 5 heteroatoms. The van der Waals surface area contributed by atoms with E-state index in [1.807, 2.05) is 48.5 Å². The topological polar surface area (TPSA) is 66.4 Å². The van der Waals surface area contributed by atoms with E-state index in [-0.39, 0.29) is 4.90 Å². The predicted molar refractivity (Wildman–Crippen MR) is 87.5 cm³/mol. The lowest BCUT2D eigenvalue weighted by Gasteiger charge is -2.10. The third kappa shape index (κ3) is 3.10. The summed E-state index contributed by atoms with van der Waals surface area (Å²) in [6, 6.07) is 20.2. The van der Waals surface area contributed by atoms with Crippen LogP contribution in [0.2, 0.25) is 0 Å². The first-order chi connectivity index (χ1) is 10.5. The van der Waals surface area contributed by atoms with Crippen molar-refractivity contribution in [1.29, 1.82) is 0 Å². The SMILES string of the molecule is O=S(=O)(O)c1ccc2c(NCc3ccccc3)cccc2c1. The fourth-order valence-corrected chi connectivity index (χ4v) is 2.89. The van der Waals surface area contributed by atoms with Crippen LogP contribution in [-0.4, -0.2) is 13.0 Å². The van der Waals surface area contributed by atoms with Crippen LogP contribution < -0.4 is 5.32 Å². The van der Waals surface area contributed by atoms with Crippen molar-refractivity contribution in [1.82, 2.24) is 0 Å². The van der Waals surface area contributed by atoms with E-state index in [0.29, 0.717) is 6.54 Å². The van der Waals surface area contributed by atoms with Gasteiger partial charge in [-0.1, -0.05) is 48.5 Å². The minimum Gasteiger partial charge on any atom is -0.380 e. The third-order valence-electron chi connectivity index (χ3n) is 3.48. The Kier molecular flexibility index (Phi) is 3.83. The third-order valence-corrected chi connectivity index (χ3v) is 4.33. The molecule has 0 bridgehead atoms. The maximum absolute atomic E-state index is 11.2. The Labute approximate surface area is 129 Å². The van der Waals surface area contributed by atoms with Gasteiger partial charge in [-0.15, -0.1) is 0 Å². The molecule has 0 unspecified atom stereocenters. The van der Waals surface area contributed by atoms with Gasteiger partial charge in [0.25, 0.3) is 10.1 Å². The van der Waals surface area contributed by atoms with Crippen LogP contribution in [0.25, 0.3) is 10.8 Å². The van der Waals surface area contributed by atoms with Crippen LogP contribution >= 0.6 is 0 Å². The van der Waals surface area contributed by atoms with Crippen LogP contribution in [0.4, 0.5) is 5.69 Å². The Balaban J connectivity index is 1.94. The smallest absolute Gasteiger partial charge is 0.294 e. The Bertz CT molecular complexity index is 906. The summed E-state index contributed by atoms with van der Waals surface area (Å²) in [6.45, 7) is 0.681. The standard InChI is InChI=1S/C17H15NO3S/c19-22(20,21)15-9-10-16-14(11-15)7-4-8-17(16)18-12-13-5-2-1-3-6-13/h1-11,18H,12H2,(H,19,20,21). The van der Waals surface area contributed by atoms with E-state index < -0.39 is 10.1 Å². The summed E-state index contributed by atoms with van der Waals surface area (Å²) in [6.07, 6.45) is 0. The Hall–Kier alpha value is -2.37. The second kappa shape index (κ2) is 5.79. The van der Waals surface area contributed by atoms with E-state index in [1.54, 1.807) is 6.07 Å². The molecule has 22 heavy (non-hydrogen) atoms. The normalized spacial score (nSPS) is 11.5. The molecule has 0 saturated carbocycles. The lowest BCUT2D eigenvalue weighted by molar-refractivity contribution is 0.483. The van der Waals surface area contributed by atoms with Gasteiger partial charge in [0, 0.05) is 17.6 Å². The van der Waals surface area contributed by atoms with E-state index in [9.17, 15) is 8.42 Å². The fraction of sp³-hybridized carbons (Fsp3) is 0.0588. The second-order valence-electron chi connectivity index (χ2n) is 5.00. The second-order valence-corrected chi connectivity index (χ2v) is 6.42. The number of nitrogens with one attached hydrogen (secondary N) is 1. The maximum atomic E-state index is 11.2. The summed E-state index contributed by atoms with van der Waals surface area (Å²) in [4.78, 5) is -0.0970. The summed E-state index contributed by atoms with van der Waals surface area (Å²) in [5.74, 6) is 0. The van der Waals surface area contributed by atoms with Crippen molar-refractivity contribution in [3.05, 3.63) is 72.3 Å². The molecule has 0 amide bonds. The first-order valence-corrected chi connectivity index (χ1v) is 8.26. The lowest BCUT2D eigenvalue weighted by Crippen LogP contribution is -2.01. The summed E-state index contributed by atoms with van der Waals surface area (Å²) >= 11 is 0. The molecule has 2 N–H and O–H groups in total. The van der Waals surface area contributed by atoms with Crippen molar-refractivity contribution in [3.8, 4) is 0 Å². The summed E-state index contributed by atoms with van der Waals surface area (Å²) in [5.41, 5.74) is 2.08. The van der Waals surface area contributed by atoms with Crippen molar-refractivity contribution in [2.75, 3.05) is 5.32 Å². The van der Waals surface area contributed by atoms with Gasteiger partial charge in [-0.05, 0) is 29.1 Å². The number of anilines is 1. The quantitative estimate of drug-likeness (QED) is 0.721. The van der Waals surface area contributed by atoms with Crippen LogP contribution in [-0.2, 0) is 16.7 Å². The zero-order valence-electron chi connectivity index (χ0n) is 11.7. The minimum absolute atomic E-state index is 0.0970. The molecule has 3 aromatic carbocycles. The molecular formula is C17H15NO3S. The largest absolute Gasteiger partial charge is 0.380 e. The zero-order chi connectivity index (χ0) is 15.6. The van der Waals surface area contributed by atoms with Gasteiger partial charge in [0.15, 0.2) is 0 Å². The van der Waals surface area contributed by atoms with Gasteiger partial charge in [0.05, 0.1) is 4.90 Å². The van der Waals surface area contributed by atoms with Crippen molar-refractivity contribution in [2.45, 2.75) is 11.4 Å². The molecule has 0 spiro atoms. The van der Waals surface area contributed by atoms with Gasteiger partial charge in [-0.3, -0.25) is 4.55 Å². The summed E-state index contributed by atoms with van der Waals surface area (Å²) in [5, 5.41) is 5.02. The number of fused-ring (bicyclic) bond motifs is 1. The monoisotopic (exact) mass is 313 g/mol. The van der Waals surface area contributed by atoms with Gasteiger partial charge < -0.3 is 5.32 Å². The molecule has 3 aromatic rings. The highest BCUT2D eigenvalue weighted by atomic mass is 32.2. The van der Waals surface area contributed by atoms with Crippen LogP contribution in [0.15, 0.2) is 71.6 Å². The fourth-order valence-electron chi connectivity index (χ4n) is 2.37. The maximum Gasteiger partial charge on any atom is 0.294 e. The van der Waals surface area contributed by atoms with Gasteiger partial charge in [0.2, 0.25) is 0 Å². The van der Waals surface area contributed by atoms with E-state index in [0.717, 1.165) is 22.0 Å². The minimum atomic E-state index is -4.18. The van der Waals surface area contributed by atoms with E-state index in [1.165, 1.54) is 12.1 Å². The van der Waals surface area contributed by atoms with Crippen molar-refractivity contribution in [2.24, 2.45) is 0 Å². The molecule has 0 atom stereocenters. The van der Waals surface area contributed by atoms with Gasteiger partial charge in [-0.2, -0.15) is 8.42 Å². The molecule has 0 radical (unpaired) electrons. The molecule has 0 heterocycles. The highest BCUT2D eigenvalue weighted by Gasteiger charge is 2.10. The number of hydrogen-bond donors (Lipinski definition) is 2. The lowest BCUT2D eigenvalue weighted by atomic mass is 10.1. The molecule has 0 fully saturated rings. The summed E-state index contributed by atoms with van der Waals surface area (Å²) in [7, 11) is -4.18. The molecule has 0 aliphatic carbocycles. The highest BCUT2D eigenvalue weighted by Crippen LogP contribution is 2.26. The van der Waals surface area contributed by atoms with Crippen LogP contribution in [0.5, 0.6) is 0 Å². The molecule has 0 saturated heterocycles. The number of hydrogen-bond acceptors (Lipinski definition) is 3. The van der Waals surface area contributed by atoms with E-state index in [4.69, 9.17) is 4.55 Å². The molecule has 0 aromatic heterocycles. The Morgan fingerprint density at radius 1 is 0.909 bits per heavy atom. The molecule has 4 nitrogen and oxygen atoms in total. The molecule has 3 rings (SSSR count). The number of rotatable bonds is 4. The predicted octanol–water partition coefficient (Wildman–Crippen LogP) is 3.70. The highest BCUT2D eigenvalue weighted by molar-refractivity contribution is 7.85. The first kappa shape index (κ1) is 14.6. The van der Waals surface area contributed by atoms with Crippen molar-refractivity contribution in [3.63, 3.8) is 0 Å². The van der Waals surface area contributed by atoms with Crippen LogP contribution in [0.1, 0.15) is 5.56 Å². The molecule has 0 aliphatic rings. The van der Waals surface area contributed by atoms with Gasteiger partial charge in [-0.25, -0.2) is 0 Å². The van der Waals surface area contributed by atoms with Gasteiger partial charge in [0.1, 0.15) is 0 Å². The van der Waals surface area contributed by atoms with E-state index in [2.05, 4.69) is 5.32 Å². The van der Waals surface area contributed by atoms with Crippen molar-refractivity contribution < 1.29 is 13.0 Å².